The third-order valence-electron chi connectivity index (χ3n) is 1.68. The molecule has 0 N–H and O–H groups in total. The first-order valence-corrected chi connectivity index (χ1v) is 4.46. The standard InChI is InChI=1S/C8H16.C3H7.Y/c1-5-8(6-2)7(3)4;1-3-2;/h7-8H,1-2,5-6H2,3-4H3;3H,1-2H3;/q-2;-1;+3. The van der Waals surface area contributed by atoms with Crippen molar-refractivity contribution in [2.24, 2.45) is 11.8 Å². The van der Waals surface area contributed by atoms with Crippen molar-refractivity contribution in [3.05, 3.63) is 20.3 Å². The predicted molar refractivity (Wildman–Crippen MR) is 53.9 cm³/mol. The molecule has 0 aliphatic heterocycles. The van der Waals surface area contributed by atoms with Gasteiger partial charge in [0.2, 0.25) is 0 Å². The minimum absolute atomic E-state index is 0. The monoisotopic (exact) mass is 244 g/mol. The summed E-state index contributed by atoms with van der Waals surface area (Å²) in [6, 6.07) is 0. The van der Waals surface area contributed by atoms with Gasteiger partial charge in [-0.05, 0) is 5.92 Å². The summed E-state index contributed by atoms with van der Waals surface area (Å²) >= 11 is 0. The molecule has 0 fully saturated rings. The molecule has 0 bridgehead atoms. The molecule has 0 aromatic rings. The van der Waals surface area contributed by atoms with Gasteiger partial charge in [0.1, 0.15) is 0 Å². The van der Waals surface area contributed by atoms with E-state index in [9.17, 15) is 0 Å². The maximum atomic E-state index is 3.84. The topological polar surface area (TPSA) is 0 Å². The second-order valence-electron chi connectivity index (χ2n) is 3.16. The van der Waals surface area contributed by atoms with Gasteiger partial charge < -0.3 is 20.3 Å². The van der Waals surface area contributed by atoms with Crippen molar-refractivity contribution in [2.45, 2.75) is 40.5 Å². The molecule has 0 aliphatic carbocycles. The van der Waals surface area contributed by atoms with Crippen molar-refractivity contribution in [2.75, 3.05) is 0 Å². The van der Waals surface area contributed by atoms with Gasteiger partial charge in [-0.1, -0.05) is 19.8 Å². The van der Waals surface area contributed by atoms with Crippen LogP contribution < -0.4 is 0 Å². The molecule has 0 aromatic heterocycles. The first-order valence-electron chi connectivity index (χ1n) is 4.46. The summed E-state index contributed by atoms with van der Waals surface area (Å²) in [5, 5.41) is 0. The summed E-state index contributed by atoms with van der Waals surface area (Å²) in [7, 11) is 0. The van der Waals surface area contributed by atoms with Gasteiger partial charge in [0.05, 0.1) is 0 Å². The molecule has 0 aliphatic rings. The Kier molecular flexibility index (Phi) is 22.9. The summed E-state index contributed by atoms with van der Waals surface area (Å²) < 4.78 is 0. The van der Waals surface area contributed by atoms with E-state index in [0.717, 1.165) is 24.7 Å². The second kappa shape index (κ2) is 14.6. The van der Waals surface area contributed by atoms with E-state index in [4.69, 9.17) is 0 Å². The molecule has 0 amide bonds. The van der Waals surface area contributed by atoms with E-state index >= 15 is 0 Å². The van der Waals surface area contributed by atoms with Gasteiger partial charge >= 0.3 is 32.7 Å². The fourth-order valence-corrected chi connectivity index (χ4v) is 0.811. The van der Waals surface area contributed by atoms with Crippen LogP contribution in [-0.2, 0) is 32.7 Å². The van der Waals surface area contributed by atoms with Crippen LogP contribution in [0.1, 0.15) is 40.5 Å². The zero-order valence-electron chi connectivity index (χ0n) is 9.14. The molecular weight excluding hydrogens is 221 g/mol. The molecule has 0 rings (SSSR count). The Labute approximate surface area is 105 Å². The molecule has 0 spiro atoms. The summed E-state index contributed by atoms with van der Waals surface area (Å²) in [6.45, 7) is 16.1. The Morgan fingerprint density at radius 2 is 1.33 bits per heavy atom. The third-order valence-corrected chi connectivity index (χ3v) is 1.68. The van der Waals surface area contributed by atoms with Crippen LogP contribution in [0.3, 0.4) is 0 Å². The normalized spacial score (nSPS) is 9.00. The molecule has 0 nitrogen and oxygen atoms in total. The molecule has 12 heavy (non-hydrogen) atoms. The maximum absolute atomic E-state index is 3.84. The summed E-state index contributed by atoms with van der Waals surface area (Å²) in [5.41, 5.74) is 0. The average Bonchev–Trinajstić information content (AvgIpc) is 1.91. The fourth-order valence-electron chi connectivity index (χ4n) is 0.811. The van der Waals surface area contributed by atoms with Crippen LogP contribution in [-0.4, -0.2) is 0 Å². The molecule has 0 saturated carbocycles. The van der Waals surface area contributed by atoms with E-state index in [-0.39, 0.29) is 32.7 Å². The molecule has 1 heteroatoms. The Morgan fingerprint density at radius 1 is 1.08 bits per heavy atom. The minimum atomic E-state index is 0. The van der Waals surface area contributed by atoms with Crippen molar-refractivity contribution >= 4 is 0 Å². The van der Waals surface area contributed by atoms with Crippen molar-refractivity contribution in [1.82, 2.24) is 0 Å². The Balaban J connectivity index is -0.000000177. The maximum Gasteiger partial charge on any atom is 3.00 e. The fraction of sp³-hybridized carbons (Fsp3) is 0.727. The van der Waals surface area contributed by atoms with Gasteiger partial charge in [0.25, 0.3) is 0 Å². The van der Waals surface area contributed by atoms with E-state index in [1.54, 1.807) is 0 Å². The van der Waals surface area contributed by atoms with Crippen molar-refractivity contribution < 1.29 is 32.7 Å². The number of hydrogen-bond acceptors (Lipinski definition) is 0. The van der Waals surface area contributed by atoms with Crippen molar-refractivity contribution in [3.63, 3.8) is 0 Å². The van der Waals surface area contributed by atoms with Gasteiger partial charge in [-0.2, -0.15) is 26.7 Å². The van der Waals surface area contributed by atoms with Crippen LogP contribution in [0.5, 0.6) is 0 Å². The van der Waals surface area contributed by atoms with Gasteiger partial charge in [-0.15, -0.1) is 0 Å². The summed E-state index contributed by atoms with van der Waals surface area (Å²) in [6.07, 6.45) is 4.06. The number of rotatable bonds is 3. The first-order chi connectivity index (χ1) is 5.13. The smallest absolute Gasteiger partial charge is 0.343 e. The molecular formula is C11H23Y. The molecule has 0 radical (unpaired) electrons. The van der Waals surface area contributed by atoms with Gasteiger partial charge in [0, 0.05) is 0 Å². The van der Waals surface area contributed by atoms with Crippen LogP contribution in [0.4, 0.5) is 0 Å². The zero-order chi connectivity index (χ0) is 9.28. The second-order valence-corrected chi connectivity index (χ2v) is 3.16. The van der Waals surface area contributed by atoms with E-state index in [1.165, 1.54) is 0 Å². The molecule has 0 aromatic carbocycles. The minimum Gasteiger partial charge on any atom is -0.343 e. The van der Waals surface area contributed by atoms with Crippen molar-refractivity contribution in [1.29, 1.82) is 0 Å². The SMILES string of the molecule is C[CH-]C.[CH2-]CC(C[CH2-])C(C)C.[Y+3]. The molecule has 0 heterocycles. The quantitative estimate of drug-likeness (QED) is 0.660. The van der Waals surface area contributed by atoms with Gasteiger partial charge in [-0.3, -0.25) is 0 Å². The predicted octanol–water partition coefficient (Wildman–Crippen LogP) is 3.93. The van der Waals surface area contributed by atoms with Crippen LogP contribution in [0.25, 0.3) is 0 Å². The largest absolute Gasteiger partial charge is 3.00 e. The summed E-state index contributed by atoms with van der Waals surface area (Å²) in [5.74, 6) is 1.49. The van der Waals surface area contributed by atoms with E-state index < -0.39 is 0 Å². The molecule has 0 unspecified atom stereocenters. The van der Waals surface area contributed by atoms with Crippen LogP contribution in [0, 0.1) is 32.1 Å². The first kappa shape index (κ1) is 18.8. The van der Waals surface area contributed by atoms with Crippen molar-refractivity contribution in [3.8, 4) is 0 Å². The van der Waals surface area contributed by atoms with E-state index in [1.807, 2.05) is 20.3 Å². The van der Waals surface area contributed by atoms with Gasteiger partial charge in [-0.25, -0.2) is 0 Å². The van der Waals surface area contributed by atoms with Gasteiger partial charge in [0.15, 0.2) is 0 Å². The van der Waals surface area contributed by atoms with E-state index in [2.05, 4.69) is 27.7 Å². The average molecular weight is 244 g/mol. The number of hydrogen-bond donors (Lipinski definition) is 0. The van der Waals surface area contributed by atoms with Crippen LogP contribution in [0.15, 0.2) is 0 Å². The third kappa shape index (κ3) is 13.7. The molecule has 0 saturated heterocycles. The molecule has 70 valence electrons. The molecule has 0 atom stereocenters. The van der Waals surface area contributed by atoms with Crippen LogP contribution in [0.2, 0.25) is 0 Å². The Hall–Kier alpha value is 1.10. The Bertz CT molecular complexity index is 56.0. The Morgan fingerprint density at radius 3 is 1.33 bits per heavy atom. The zero-order valence-corrected chi connectivity index (χ0v) is 12.0. The summed E-state index contributed by atoms with van der Waals surface area (Å²) in [4.78, 5) is 0. The van der Waals surface area contributed by atoms with E-state index in [0.29, 0.717) is 0 Å². The van der Waals surface area contributed by atoms with Crippen LogP contribution >= 0.6 is 0 Å².